The molecule has 2 amide bonds. The highest BCUT2D eigenvalue weighted by Gasteiger charge is 2.38. The van der Waals surface area contributed by atoms with E-state index < -0.39 is 22.0 Å². The lowest BCUT2D eigenvalue weighted by atomic mass is 10.1. The van der Waals surface area contributed by atoms with Crippen molar-refractivity contribution in [3.05, 3.63) is 69.5 Å². The van der Waals surface area contributed by atoms with Crippen LogP contribution in [0.1, 0.15) is 41.1 Å². The fraction of sp³-hybridized carbons (Fsp3) is 0.462. The van der Waals surface area contributed by atoms with Crippen LogP contribution in [0.15, 0.2) is 42.5 Å². The van der Waals surface area contributed by atoms with Crippen molar-refractivity contribution < 1.29 is 22.4 Å². The standard InChI is InChI=1S/C26H31Cl2FN4O4S/c1-38(36,37)33-13-11-32(12-14-33)26(35)23(31-25(34)18-6-9-21(27)22(28)15-18)3-2-10-30-24-16-20(24)17-4-7-19(29)8-5-17/h4-9,15,20,23-24,30H,2-3,10-14,16H2,1H3,(H,31,34)/t20-,23+,24+/m1/s1. The second-order valence-electron chi connectivity index (χ2n) is 9.74. The van der Waals surface area contributed by atoms with Gasteiger partial charge in [-0.1, -0.05) is 35.3 Å². The third-order valence-corrected chi connectivity index (χ3v) is 9.01. The zero-order chi connectivity index (χ0) is 27.4. The van der Waals surface area contributed by atoms with Crippen LogP contribution in [0.3, 0.4) is 0 Å². The van der Waals surface area contributed by atoms with E-state index in [9.17, 15) is 22.4 Å². The Bertz CT molecular complexity index is 1270. The highest BCUT2D eigenvalue weighted by atomic mass is 35.5. The van der Waals surface area contributed by atoms with E-state index >= 15 is 0 Å². The summed E-state index contributed by atoms with van der Waals surface area (Å²) < 4.78 is 38.2. The molecule has 2 aromatic carbocycles. The Morgan fingerprint density at radius 1 is 1.05 bits per heavy atom. The first-order chi connectivity index (χ1) is 18.0. The van der Waals surface area contributed by atoms with Crippen molar-refractivity contribution >= 4 is 45.0 Å². The number of sulfonamides is 1. The molecule has 2 aliphatic rings. The number of carbonyl (C=O) groups excluding carboxylic acids is 2. The number of piperazine rings is 1. The van der Waals surface area contributed by atoms with Crippen molar-refractivity contribution in [2.45, 2.75) is 37.3 Å². The molecule has 1 aliphatic carbocycles. The zero-order valence-electron chi connectivity index (χ0n) is 21.0. The molecule has 1 aliphatic heterocycles. The van der Waals surface area contributed by atoms with E-state index in [4.69, 9.17) is 23.2 Å². The number of rotatable bonds is 10. The van der Waals surface area contributed by atoms with Gasteiger partial charge in [0.05, 0.1) is 16.3 Å². The first-order valence-electron chi connectivity index (χ1n) is 12.5. The minimum atomic E-state index is -3.33. The highest BCUT2D eigenvalue weighted by molar-refractivity contribution is 7.88. The van der Waals surface area contributed by atoms with Gasteiger partial charge in [0.25, 0.3) is 5.91 Å². The molecule has 1 saturated heterocycles. The smallest absolute Gasteiger partial charge is 0.251 e. The normalized spacial score (nSPS) is 20.7. The van der Waals surface area contributed by atoms with Crippen LogP contribution >= 0.6 is 23.2 Å². The average Bonchev–Trinajstić information content (AvgIpc) is 3.66. The number of nitrogens with one attached hydrogen (secondary N) is 2. The van der Waals surface area contributed by atoms with Crippen molar-refractivity contribution in [1.29, 1.82) is 0 Å². The summed E-state index contributed by atoms with van der Waals surface area (Å²) >= 11 is 12.0. The molecular weight excluding hydrogens is 554 g/mol. The van der Waals surface area contributed by atoms with Gasteiger partial charge in [-0.3, -0.25) is 9.59 Å². The van der Waals surface area contributed by atoms with Crippen LogP contribution < -0.4 is 10.6 Å². The number of nitrogens with zero attached hydrogens (tertiary/aromatic N) is 2. The molecular formula is C26H31Cl2FN4O4S. The second-order valence-corrected chi connectivity index (χ2v) is 12.5. The molecule has 12 heteroatoms. The Morgan fingerprint density at radius 3 is 2.37 bits per heavy atom. The van der Waals surface area contributed by atoms with Crippen LogP contribution in [0.2, 0.25) is 10.0 Å². The summed E-state index contributed by atoms with van der Waals surface area (Å²) in [4.78, 5) is 27.9. The second kappa shape index (κ2) is 12.3. The van der Waals surface area contributed by atoms with Crippen molar-refractivity contribution in [3.8, 4) is 0 Å². The maximum absolute atomic E-state index is 13.4. The summed E-state index contributed by atoms with van der Waals surface area (Å²) in [6.45, 7) is 1.59. The van der Waals surface area contributed by atoms with Crippen LogP contribution in [0.25, 0.3) is 0 Å². The van der Waals surface area contributed by atoms with Crippen molar-refractivity contribution in [2.24, 2.45) is 0 Å². The Morgan fingerprint density at radius 2 is 1.74 bits per heavy atom. The number of carbonyl (C=O) groups is 2. The monoisotopic (exact) mass is 584 g/mol. The first kappa shape index (κ1) is 28.8. The number of hydrogen-bond acceptors (Lipinski definition) is 5. The van der Waals surface area contributed by atoms with E-state index in [1.807, 2.05) is 0 Å². The molecule has 0 aromatic heterocycles. The number of benzene rings is 2. The lowest BCUT2D eigenvalue weighted by Gasteiger charge is -2.35. The number of amides is 2. The molecule has 0 radical (unpaired) electrons. The third-order valence-electron chi connectivity index (χ3n) is 6.97. The van der Waals surface area contributed by atoms with Crippen molar-refractivity contribution in [3.63, 3.8) is 0 Å². The van der Waals surface area contributed by atoms with Gasteiger partial charge >= 0.3 is 0 Å². The van der Waals surface area contributed by atoms with Gasteiger partial charge in [-0.25, -0.2) is 12.8 Å². The lowest BCUT2D eigenvalue weighted by Crippen LogP contribution is -2.55. The molecule has 0 unspecified atom stereocenters. The van der Waals surface area contributed by atoms with Gasteiger partial charge in [-0.05, 0) is 61.7 Å². The molecule has 1 heterocycles. The molecule has 2 aromatic rings. The summed E-state index contributed by atoms with van der Waals surface area (Å²) in [5.74, 6) is -0.603. The molecule has 8 nitrogen and oxygen atoms in total. The molecule has 4 rings (SSSR count). The van der Waals surface area contributed by atoms with Gasteiger partial charge in [-0.2, -0.15) is 4.31 Å². The Balaban J connectivity index is 1.34. The van der Waals surface area contributed by atoms with Crippen LogP contribution in [0, 0.1) is 5.82 Å². The van der Waals surface area contributed by atoms with Gasteiger partial charge in [0.15, 0.2) is 0 Å². The molecule has 2 N–H and O–H groups in total. The van der Waals surface area contributed by atoms with Crippen LogP contribution in [0.4, 0.5) is 4.39 Å². The zero-order valence-corrected chi connectivity index (χ0v) is 23.3. The Kier molecular flexibility index (Phi) is 9.31. The fourth-order valence-electron chi connectivity index (χ4n) is 4.69. The topological polar surface area (TPSA) is 98.8 Å². The average molecular weight is 586 g/mol. The largest absolute Gasteiger partial charge is 0.340 e. The van der Waals surface area contributed by atoms with E-state index in [1.165, 1.54) is 28.6 Å². The molecule has 0 spiro atoms. The lowest BCUT2D eigenvalue weighted by molar-refractivity contribution is -0.134. The quantitative estimate of drug-likeness (QED) is 0.418. The van der Waals surface area contributed by atoms with Gasteiger partial charge in [-0.15, -0.1) is 0 Å². The first-order valence-corrected chi connectivity index (χ1v) is 15.1. The van der Waals surface area contributed by atoms with Crippen LogP contribution in [-0.2, 0) is 14.8 Å². The minimum Gasteiger partial charge on any atom is -0.340 e. The molecule has 206 valence electrons. The Hall–Kier alpha value is -2.24. The van der Waals surface area contributed by atoms with Gasteiger partial charge in [0.1, 0.15) is 11.9 Å². The predicted octanol–water partition coefficient (Wildman–Crippen LogP) is 3.26. The van der Waals surface area contributed by atoms with Gasteiger partial charge in [0.2, 0.25) is 15.9 Å². The summed E-state index contributed by atoms with van der Waals surface area (Å²) in [6, 6.07) is 10.6. The van der Waals surface area contributed by atoms with Crippen molar-refractivity contribution in [2.75, 3.05) is 39.0 Å². The molecule has 3 atom stereocenters. The Labute approximate surface area is 232 Å². The molecule has 2 fully saturated rings. The summed E-state index contributed by atoms with van der Waals surface area (Å²) in [6.07, 6.45) is 3.15. The van der Waals surface area contributed by atoms with Crippen molar-refractivity contribution in [1.82, 2.24) is 19.8 Å². The van der Waals surface area contributed by atoms with E-state index in [0.29, 0.717) is 36.4 Å². The summed E-state index contributed by atoms with van der Waals surface area (Å²) in [5, 5.41) is 6.88. The minimum absolute atomic E-state index is 0.214. The number of halogens is 3. The summed E-state index contributed by atoms with van der Waals surface area (Å²) in [7, 11) is -3.33. The van der Waals surface area contributed by atoms with Crippen LogP contribution in [-0.4, -0.2) is 80.5 Å². The van der Waals surface area contributed by atoms with E-state index in [0.717, 1.165) is 18.2 Å². The molecule has 1 saturated carbocycles. The van der Waals surface area contributed by atoms with E-state index in [1.54, 1.807) is 23.1 Å². The van der Waals surface area contributed by atoms with E-state index in [-0.39, 0.29) is 48.5 Å². The molecule has 0 bridgehead atoms. The third kappa shape index (κ3) is 7.45. The molecule has 38 heavy (non-hydrogen) atoms. The highest BCUT2D eigenvalue weighted by Crippen LogP contribution is 2.40. The maximum Gasteiger partial charge on any atom is 0.251 e. The van der Waals surface area contributed by atoms with Crippen LogP contribution in [0.5, 0.6) is 0 Å². The van der Waals surface area contributed by atoms with E-state index in [2.05, 4.69) is 10.6 Å². The van der Waals surface area contributed by atoms with Gasteiger partial charge in [0, 0.05) is 43.7 Å². The predicted molar refractivity (Wildman–Crippen MR) is 145 cm³/mol. The number of hydrogen-bond donors (Lipinski definition) is 2. The van der Waals surface area contributed by atoms with Gasteiger partial charge < -0.3 is 15.5 Å². The summed E-state index contributed by atoms with van der Waals surface area (Å²) in [5.41, 5.74) is 1.39. The maximum atomic E-state index is 13.4. The fourth-order valence-corrected chi connectivity index (χ4v) is 5.81. The SMILES string of the molecule is CS(=O)(=O)N1CCN(C(=O)[C@H](CCCN[C@H]2C[C@@H]2c2ccc(F)cc2)NC(=O)c2ccc(Cl)c(Cl)c2)CC1.